The van der Waals surface area contributed by atoms with Crippen LogP contribution in [0.25, 0.3) is 11.1 Å². The lowest BCUT2D eigenvalue weighted by atomic mass is 10.0. The van der Waals surface area contributed by atoms with Crippen LogP contribution in [0.5, 0.6) is 11.5 Å². The van der Waals surface area contributed by atoms with Gasteiger partial charge in [0.2, 0.25) is 0 Å². The van der Waals surface area contributed by atoms with Crippen LogP contribution in [-0.2, 0) is 28.5 Å². The Morgan fingerprint density at radius 1 is 0.520 bits per heavy atom. The maximum absolute atomic E-state index is 12.8. The van der Waals surface area contributed by atoms with Crippen LogP contribution in [-0.4, -0.2) is 50.3 Å². The van der Waals surface area contributed by atoms with Crippen molar-refractivity contribution in [2.24, 2.45) is 0 Å². The SMILES string of the molecule is C=CC(=O)OCCCCOc1ccc(C(=O)OC2=CC=C(OC(=O)c3ccc(-c4ccc(OCCCCOC(=O)C=C)cc4)cc3)CC2)cc1. The van der Waals surface area contributed by atoms with E-state index in [9.17, 15) is 19.2 Å². The largest absolute Gasteiger partial charge is 0.494 e. The maximum atomic E-state index is 12.8. The van der Waals surface area contributed by atoms with Gasteiger partial charge in [0.05, 0.1) is 37.6 Å². The molecule has 0 aliphatic heterocycles. The van der Waals surface area contributed by atoms with Gasteiger partial charge in [-0.25, -0.2) is 19.2 Å². The minimum atomic E-state index is -0.497. The number of carbonyl (C=O) groups excluding carboxylic acids is 4. The van der Waals surface area contributed by atoms with E-state index in [4.69, 9.17) is 28.4 Å². The number of rotatable bonds is 19. The van der Waals surface area contributed by atoms with Crippen LogP contribution in [0.1, 0.15) is 59.2 Å². The highest BCUT2D eigenvalue weighted by molar-refractivity contribution is 5.91. The molecule has 0 aromatic heterocycles. The van der Waals surface area contributed by atoms with E-state index in [-0.39, 0.29) is 0 Å². The number of hydrogen-bond donors (Lipinski definition) is 0. The van der Waals surface area contributed by atoms with E-state index in [0.29, 0.717) is 86.9 Å². The molecule has 0 amide bonds. The average molecular weight is 681 g/mol. The van der Waals surface area contributed by atoms with E-state index in [1.54, 1.807) is 48.6 Å². The number of ether oxygens (including phenoxy) is 6. The van der Waals surface area contributed by atoms with Crippen molar-refractivity contribution in [2.45, 2.75) is 38.5 Å². The molecule has 3 aromatic rings. The monoisotopic (exact) mass is 680 g/mol. The summed E-state index contributed by atoms with van der Waals surface area (Å²) in [7, 11) is 0. The summed E-state index contributed by atoms with van der Waals surface area (Å²) in [6.45, 7) is 8.30. The van der Waals surface area contributed by atoms with Crippen molar-refractivity contribution in [3.05, 3.63) is 133 Å². The van der Waals surface area contributed by atoms with Gasteiger partial charge >= 0.3 is 23.9 Å². The molecule has 0 saturated heterocycles. The van der Waals surface area contributed by atoms with E-state index < -0.39 is 23.9 Å². The predicted molar refractivity (Wildman–Crippen MR) is 186 cm³/mol. The zero-order valence-electron chi connectivity index (χ0n) is 27.8. The summed E-state index contributed by atoms with van der Waals surface area (Å²) in [6, 6.07) is 21.4. The third-order valence-electron chi connectivity index (χ3n) is 7.36. The number of hydrogen-bond acceptors (Lipinski definition) is 10. The molecule has 1 aliphatic carbocycles. The summed E-state index contributed by atoms with van der Waals surface area (Å²) in [6.07, 6.45) is 9.16. The second-order valence-corrected chi connectivity index (χ2v) is 11.0. The fourth-order valence-corrected chi connectivity index (χ4v) is 4.61. The van der Waals surface area contributed by atoms with Gasteiger partial charge in [-0.1, -0.05) is 37.4 Å². The fraction of sp³-hybridized carbons (Fsp3) is 0.250. The summed E-state index contributed by atoms with van der Waals surface area (Å²) in [5.74, 6) is 0.458. The molecule has 0 saturated carbocycles. The Bertz CT molecular complexity index is 1680. The van der Waals surface area contributed by atoms with Crippen LogP contribution < -0.4 is 9.47 Å². The van der Waals surface area contributed by atoms with Gasteiger partial charge in [-0.15, -0.1) is 0 Å². The van der Waals surface area contributed by atoms with Gasteiger partial charge in [0, 0.05) is 25.0 Å². The number of unbranched alkanes of at least 4 members (excludes halogenated alkanes) is 2. The van der Waals surface area contributed by atoms with E-state index in [0.717, 1.165) is 35.4 Å². The molecule has 0 radical (unpaired) electrons. The minimum absolute atomic E-state index is 0.305. The summed E-state index contributed by atoms with van der Waals surface area (Å²) in [4.78, 5) is 47.5. The van der Waals surface area contributed by atoms with Gasteiger partial charge in [0.15, 0.2) is 0 Å². The first kappa shape index (κ1) is 36.9. The van der Waals surface area contributed by atoms with E-state index in [1.165, 1.54) is 0 Å². The average Bonchev–Trinajstić information content (AvgIpc) is 3.15. The first-order chi connectivity index (χ1) is 24.3. The molecule has 1 aliphatic rings. The summed E-state index contributed by atoms with van der Waals surface area (Å²) in [5.41, 5.74) is 2.70. The van der Waals surface area contributed by atoms with Crippen LogP contribution in [0.2, 0.25) is 0 Å². The Labute approximate surface area is 291 Å². The molecule has 10 nitrogen and oxygen atoms in total. The quantitative estimate of drug-likeness (QED) is 0.0538. The van der Waals surface area contributed by atoms with E-state index in [2.05, 4.69) is 13.2 Å². The molecule has 0 heterocycles. The molecule has 50 heavy (non-hydrogen) atoms. The Morgan fingerprint density at radius 3 is 1.28 bits per heavy atom. The maximum Gasteiger partial charge on any atom is 0.343 e. The van der Waals surface area contributed by atoms with Gasteiger partial charge in [0.1, 0.15) is 23.0 Å². The second-order valence-electron chi connectivity index (χ2n) is 11.0. The van der Waals surface area contributed by atoms with Crippen LogP contribution >= 0.6 is 0 Å². The van der Waals surface area contributed by atoms with Crippen molar-refractivity contribution < 1.29 is 47.6 Å². The molecule has 0 fully saturated rings. The van der Waals surface area contributed by atoms with Crippen molar-refractivity contribution in [2.75, 3.05) is 26.4 Å². The van der Waals surface area contributed by atoms with Gasteiger partial charge in [-0.3, -0.25) is 0 Å². The molecule has 3 aromatic carbocycles. The number of esters is 4. The molecule has 10 heteroatoms. The molecular formula is C40H40O10. The third-order valence-corrected chi connectivity index (χ3v) is 7.36. The number of benzene rings is 3. The minimum Gasteiger partial charge on any atom is -0.494 e. The lowest BCUT2D eigenvalue weighted by Gasteiger charge is -2.15. The summed E-state index contributed by atoms with van der Waals surface area (Å²) < 4.78 is 32.4. The summed E-state index contributed by atoms with van der Waals surface area (Å²) >= 11 is 0. The molecule has 4 rings (SSSR count). The van der Waals surface area contributed by atoms with Crippen LogP contribution in [0, 0.1) is 0 Å². The smallest absolute Gasteiger partial charge is 0.343 e. The normalized spacial score (nSPS) is 12.0. The standard InChI is InChI=1S/C40H40O10/c1-3-37(41)47-27-7-5-25-45-33-17-13-30(14-18-33)29-9-11-31(12-10-29)39(43)49-35-21-23-36(24-22-35)50-40(44)32-15-19-34(20-16-32)46-26-6-8-28-48-38(42)4-2/h3-4,9-21,23H,1-2,5-8,22,24-28H2. The van der Waals surface area contributed by atoms with Crippen LogP contribution in [0.4, 0.5) is 0 Å². The highest BCUT2D eigenvalue weighted by Crippen LogP contribution is 2.26. The fourth-order valence-electron chi connectivity index (χ4n) is 4.61. The van der Waals surface area contributed by atoms with Crippen molar-refractivity contribution in [3.63, 3.8) is 0 Å². The van der Waals surface area contributed by atoms with Crippen molar-refractivity contribution in [3.8, 4) is 22.6 Å². The lowest BCUT2D eigenvalue weighted by molar-refractivity contribution is -0.138. The Balaban J connectivity index is 1.17. The van der Waals surface area contributed by atoms with Crippen LogP contribution in [0.15, 0.2) is 122 Å². The summed E-state index contributed by atoms with van der Waals surface area (Å²) in [5, 5.41) is 0. The third kappa shape index (κ3) is 12.3. The van der Waals surface area contributed by atoms with Gasteiger partial charge < -0.3 is 28.4 Å². The predicted octanol–water partition coefficient (Wildman–Crippen LogP) is 7.71. The zero-order chi connectivity index (χ0) is 35.6. The molecule has 0 atom stereocenters. The Hall–Kier alpha value is -5.90. The van der Waals surface area contributed by atoms with Gasteiger partial charge in [-0.2, -0.15) is 0 Å². The second kappa shape index (κ2) is 19.8. The van der Waals surface area contributed by atoms with Crippen molar-refractivity contribution in [1.82, 2.24) is 0 Å². The zero-order valence-corrected chi connectivity index (χ0v) is 27.8. The molecule has 0 spiro atoms. The van der Waals surface area contributed by atoms with Gasteiger partial charge in [-0.05, 0) is 97.5 Å². The number of carbonyl (C=O) groups is 4. The Morgan fingerprint density at radius 2 is 0.880 bits per heavy atom. The first-order valence-corrected chi connectivity index (χ1v) is 16.3. The van der Waals surface area contributed by atoms with Crippen molar-refractivity contribution in [1.29, 1.82) is 0 Å². The van der Waals surface area contributed by atoms with Gasteiger partial charge in [0.25, 0.3) is 0 Å². The van der Waals surface area contributed by atoms with E-state index >= 15 is 0 Å². The Kier molecular flexibility index (Phi) is 14.6. The molecule has 0 N–H and O–H groups in total. The molecule has 0 unspecified atom stereocenters. The molecule has 0 bridgehead atoms. The van der Waals surface area contributed by atoms with Crippen molar-refractivity contribution >= 4 is 23.9 Å². The number of allylic oxidation sites excluding steroid dienone is 4. The lowest BCUT2D eigenvalue weighted by Crippen LogP contribution is -2.10. The molecular weight excluding hydrogens is 640 g/mol. The molecule has 260 valence electrons. The van der Waals surface area contributed by atoms with E-state index in [1.807, 2.05) is 36.4 Å². The first-order valence-electron chi connectivity index (χ1n) is 16.3. The highest BCUT2D eigenvalue weighted by atomic mass is 16.5. The highest BCUT2D eigenvalue weighted by Gasteiger charge is 2.17. The topological polar surface area (TPSA) is 124 Å². The van der Waals surface area contributed by atoms with Crippen LogP contribution in [0.3, 0.4) is 0 Å².